The maximum absolute atomic E-state index is 14.5. The van der Waals surface area contributed by atoms with Crippen LogP contribution in [0.1, 0.15) is 18.4 Å². The number of rotatable bonds is 5. The van der Waals surface area contributed by atoms with Gasteiger partial charge in [0.25, 0.3) is 0 Å². The van der Waals surface area contributed by atoms with Crippen LogP contribution in [0.15, 0.2) is 48.9 Å². The van der Waals surface area contributed by atoms with Crippen molar-refractivity contribution in [2.24, 2.45) is 5.92 Å². The summed E-state index contributed by atoms with van der Waals surface area (Å²) in [5, 5.41) is 7.90. The number of piperidine rings is 1. The lowest BCUT2D eigenvalue weighted by Gasteiger charge is -2.23. The van der Waals surface area contributed by atoms with Gasteiger partial charge in [0.05, 0.1) is 11.2 Å². The summed E-state index contributed by atoms with van der Waals surface area (Å²) in [7, 11) is 0. The molecule has 0 bridgehead atoms. The molecule has 32 heavy (non-hydrogen) atoms. The highest BCUT2D eigenvalue weighted by atomic mass is 35.5. The minimum Gasteiger partial charge on any atom is -0.367 e. The highest BCUT2D eigenvalue weighted by Crippen LogP contribution is 2.32. The SMILES string of the molecule is Cc1ccc(-n2cc(-c3ncc(F)c(NCC4CCCNC4)n3)c3cc(Cl)cnc32)cc1. The molecule has 5 rings (SSSR count). The quantitative estimate of drug-likeness (QED) is 0.448. The molecule has 2 N–H and O–H groups in total. The number of nitrogens with one attached hydrogen (secondary N) is 2. The molecule has 0 saturated carbocycles. The van der Waals surface area contributed by atoms with Gasteiger partial charge in [0.2, 0.25) is 0 Å². The van der Waals surface area contributed by atoms with Crippen LogP contribution in [-0.4, -0.2) is 39.2 Å². The van der Waals surface area contributed by atoms with Gasteiger partial charge in [0.15, 0.2) is 17.5 Å². The zero-order valence-corrected chi connectivity index (χ0v) is 18.5. The predicted molar refractivity (Wildman–Crippen MR) is 126 cm³/mol. The Labute approximate surface area is 190 Å². The minimum atomic E-state index is -0.462. The molecular formula is C24H24ClFN6. The second kappa shape index (κ2) is 8.84. The van der Waals surface area contributed by atoms with Gasteiger partial charge in [-0.1, -0.05) is 29.3 Å². The first-order valence-electron chi connectivity index (χ1n) is 10.8. The van der Waals surface area contributed by atoms with Crippen molar-refractivity contribution in [1.29, 1.82) is 0 Å². The monoisotopic (exact) mass is 450 g/mol. The van der Waals surface area contributed by atoms with E-state index in [4.69, 9.17) is 11.6 Å². The van der Waals surface area contributed by atoms with E-state index in [2.05, 4.69) is 25.6 Å². The average Bonchev–Trinajstić information content (AvgIpc) is 3.18. The maximum atomic E-state index is 14.5. The minimum absolute atomic E-state index is 0.215. The Hall–Kier alpha value is -3.03. The molecule has 1 unspecified atom stereocenters. The second-order valence-corrected chi connectivity index (χ2v) is 8.69. The van der Waals surface area contributed by atoms with E-state index in [-0.39, 0.29) is 5.82 Å². The third kappa shape index (κ3) is 4.18. The zero-order valence-electron chi connectivity index (χ0n) is 17.8. The number of anilines is 1. The smallest absolute Gasteiger partial charge is 0.183 e. The largest absolute Gasteiger partial charge is 0.367 e. The Kier molecular flexibility index (Phi) is 5.76. The van der Waals surface area contributed by atoms with Crippen LogP contribution in [0.4, 0.5) is 10.2 Å². The molecule has 1 atom stereocenters. The van der Waals surface area contributed by atoms with Crippen molar-refractivity contribution in [2.75, 3.05) is 25.0 Å². The van der Waals surface area contributed by atoms with E-state index in [1.54, 1.807) is 6.20 Å². The van der Waals surface area contributed by atoms with Crippen LogP contribution in [0.5, 0.6) is 0 Å². The molecule has 6 nitrogen and oxygen atoms in total. The van der Waals surface area contributed by atoms with Crippen LogP contribution in [-0.2, 0) is 0 Å². The lowest BCUT2D eigenvalue weighted by Crippen LogP contribution is -2.33. The van der Waals surface area contributed by atoms with Gasteiger partial charge in [-0.05, 0) is 57.0 Å². The van der Waals surface area contributed by atoms with Gasteiger partial charge in [-0.15, -0.1) is 0 Å². The highest BCUT2D eigenvalue weighted by molar-refractivity contribution is 6.31. The number of pyridine rings is 1. The standard InChI is InChI=1S/C24H24ClFN6/c1-15-4-6-18(7-5-15)32-14-20(19-9-17(25)12-30-24(19)32)22-29-13-21(26)23(31-22)28-11-16-3-2-8-27-10-16/h4-7,9,12-14,16,27H,2-3,8,10-11H2,1H3,(H,28,29,31). The lowest BCUT2D eigenvalue weighted by atomic mass is 10.00. The zero-order chi connectivity index (χ0) is 22.1. The molecule has 1 aromatic carbocycles. The summed E-state index contributed by atoms with van der Waals surface area (Å²) in [4.78, 5) is 13.4. The van der Waals surface area contributed by atoms with Gasteiger partial charge in [-0.25, -0.2) is 19.3 Å². The number of hydrogen-bond acceptors (Lipinski definition) is 5. The molecule has 1 saturated heterocycles. The number of hydrogen-bond donors (Lipinski definition) is 2. The molecule has 0 aliphatic carbocycles. The molecule has 1 aliphatic heterocycles. The molecule has 0 spiro atoms. The van der Waals surface area contributed by atoms with E-state index in [1.807, 2.05) is 48.0 Å². The van der Waals surface area contributed by atoms with Gasteiger partial charge in [0, 0.05) is 35.6 Å². The summed E-state index contributed by atoms with van der Waals surface area (Å²) in [5.74, 6) is 0.631. The van der Waals surface area contributed by atoms with Crippen molar-refractivity contribution in [2.45, 2.75) is 19.8 Å². The molecule has 0 radical (unpaired) electrons. The lowest BCUT2D eigenvalue weighted by molar-refractivity contribution is 0.392. The molecule has 0 amide bonds. The Balaban J connectivity index is 1.54. The molecular weight excluding hydrogens is 427 g/mol. The van der Waals surface area contributed by atoms with E-state index >= 15 is 0 Å². The van der Waals surface area contributed by atoms with Crippen LogP contribution in [0.2, 0.25) is 5.02 Å². The van der Waals surface area contributed by atoms with Gasteiger partial charge in [0.1, 0.15) is 5.65 Å². The van der Waals surface area contributed by atoms with E-state index in [0.717, 1.165) is 48.2 Å². The van der Waals surface area contributed by atoms with Crippen LogP contribution in [0.25, 0.3) is 28.1 Å². The Morgan fingerprint density at radius 3 is 2.84 bits per heavy atom. The Morgan fingerprint density at radius 2 is 2.06 bits per heavy atom. The van der Waals surface area contributed by atoms with Gasteiger partial charge < -0.3 is 15.2 Å². The molecule has 3 aromatic heterocycles. The van der Waals surface area contributed by atoms with Crippen LogP contribution in [0.3, 0.4) is 0 Å². The van der Waals surface area contributed by atoms with E-state index < -0.39 is 5.82 Å². The van der Waals surface area contributed by atoms with Crippen molar-refractivity contribution in [3.63, 3.8) is 0 Å². The first-order valence-corrected chi connectivity index (χ1v) is 11.2. The van der Waals surface area contributed by atoms with Crippen molar-refractivity contribution >= 4 is 28.5 Å². The number of halogens is 2. The molecule has 4 heterocycles. The topological polar surface area (TPSA) is 67.7 Å². The number of nitrogens with zero attached hydrogens (tertiary/aromatic N) is 4. The molecule has 164 valence electrons. The van der Waals surface area contributed by atoms with Crippen LogP contribution >= 0.6 is 11.6 Å². The average molecular weight is 451 g/mol. The van der Waals surface area contributed by atoms with Crippen molar-refractivity contribution in [3.05, 3.63) is 65.3 Å². The maximum Gasteiger partial charge on any atom is 0.183 e. The number of aromatic nitrogens is 4. The number of aryl methyl sites for hydroxylation is 1. The fraction of sp³-hybridized carbons (Fsp3) is 0.292. The summed E-state index contributed by atoms with van der Waals surface area (Å²) >= 11 is 6.26. The second-order valence-electron chi connectivity index (χ2n) is 8.26. The molecule has 1 fully saturated rings. The van der Waals surface area contributed by atoms with Crippen molar-refractivity contribution < 1.29 is 4.39 Å². The summed E-state index contributed by atoms with van der Waals surface area (Å²) in [6.07, 6.45) is 7.02. The third-order valence-electron chi connectivity index (χ3n) is 5.86. The van der Waals surface area contributed by atoms with Gasteiger partial charge in [-0.3, -0.25) is 0 Å². The normalized spacial score (nSPS) is 16.4. The summed E-state index contributed by atoms with van der Waals surface area (Å²) in [6, 6.07) is 10.0. The highest BCUT2D eigenvalue weighted by Gasteiger charge is 2.18. The van der Waals surface area contributed by atoms with E-state index in [1.165, 1.54) is 11.8 Å². The van der Waals surface area contributed by atoms with E-state index in [9.17, 15) is 4.39 Å². The number of fused-ring (bicyclic) bond motifs is 1. The third-order valence-corrected chi connectivity index (χ3v) is 6.07. The van der Waals surface area contributed by atoms with E-state index in [0.29, 0.717) is 23.3 Å². The fourth-order valence-corrected chi connectivity index (χ4v) is 4.28. The molecule has 4 aromatic rings. The molecule has 8 heteroatoms. The summed E-state index contributed by atoms with van der Waals surface area (Å²) in [5.41, 5.74) is 3.63. The Morgan fingerprint density at radius 1 is 1.22 bits per heavy atom. The fourth-order valence-electron chi connectivity index (χ4n) is 4.12. The van der Waals surface area contributed by atoms with Gasteiger partial charge in [-0.2, -0.15) is 0 Å². The predicted octanol–water partition coefficient (Wildman–Crippen LogP) is 4.99. The van der Waals surface area contributed by atoms with Crippen molar-refractivity contribution in [3.8, 4) is 17.1 Å². The summed E-state index contributed by atoms with van der Waals surface area (Å²) < 4.78 is 16.5. The van der Waals surface area contributed by atoms with Crippen LogP contribution in [0, 0.1) is 18.7 Å². The number of benzene rings is 1. The van der Waals surface area contributed by atoms with Crippen LogP contribution < -0.4 is 10.6 Å². The summed E-state index contributed by atoms with van der Waals surface area (Å²) in [6.45, 7) is 4.69. The Bertz CT molecular complexity index is 1250. The molecule has 1 aliphatic rings. The van der Waals surface area contributed by atoms with Crippen molar-refractivity contribution in [1.82, 2.24) is 24.8 Å². The first-order chi connectivity index (χ1) is 15.6. The first kappa shape index (κ1) is 20.8. The van der Waals surface area contributed by atoms with Gasteiger partial charge >= 0.3 is 0 Å².